The number of anilines is 3. The second kappa shape index (κ2) is 15.4. The number of hydrazone groups is 1. The quantitative estimate of drug-likeness (QED) is 0.0572. The number of rotatable bonds is 8. The minimum absolute atomic E-state index is 0.185. The molecule has 2 heterocycles. The molecule has 2 aromatic carbocycles. The van der Waals surface area contributed by atoms with Crippen LogP contribution in [0.4, 0.5) is 17.1 Å². The smallest absolute Gasteiger partial charge is 0.328 e. The summed E-state index contributed by atoms with van der Waals surface area (Å²) in [5.41, 5.74) is 4.53. The number of halogens is 2. The first-order chi connectivity index (χ1) is 21.2. The molecule has 1 aliphatic heterocycles. The normalized spacial score (nSPS) is 16.8. The monoisotopic (exact) mass is 639 g/mol. The fraction of sp³-hybridized carbons (Fsp3) is 0.300. The van der Waals surface area contributed by atoms with E-state index in [1.54, 1.807) is 31.2 Å². The van der Waals surface area contributed by atoms with Crippen molar-refractivity contribution >= 4 is 64.6 Å². The second-order valence-electron chi connectivity index (χ2n) is 9.99. The molecule has 1 amide bonds. The molecule has 1 aliphatic rings. The third-order valence-electron chi connectivity index (χ3n) is 7.05. The van der Waals surface area contributed by atoms with Crippen LogP contribution in [0.3, 0.4) is 0 Å². The Morgan fingerprint density at radius 2 is 1.93 bits per heavy atom. The number of carbonyl (C=O) groups is 2. The zero-order valence-corrected chi connectivity index (χ0v) is 25.9. The third kappa shape index (κ3) is 8.16. The van der Waals surface area contributed by atoms with Crippen LogP contribution < -0.4 is 32.6 Å². The Morgan fingerprint density at radius 3 is 2.68 bits per heavy atom. The van der Waals surface area contributed by atoms with E-state index in [4.69, 9.17) is 39.6 Å². The Kier molecular flexibility index (Phi) is 11.4. The van der Waals surface area contributed by atoms with Gasteiger partial charge in [0.1, 0.15) is 12.4 Å². The Labute approximate surface area is 265 Å². The Hall–Kier alpha value is -4.39. The predicted molar refractivity (Wildman–Crippen MR) is 175 cm³/mol. The second-order valence-corrected chi connectivity index (χ2v) is 10.8. The number of aromatic nitrogens is 2. The van der Waals surface area contributed by atoms with Crippen molar-refractivity contribution in [2.45, 2.75) is 44.7 Å². The maximum Gasteiger partial charge on any atom is 0.328 e. The minimum atomic E-state index is -0.581. The summed E-state index contributed by atoms with van der Waals surface area (Å²) in [4.78, 5) is 26.1. The first kappa shape index (κ1) is 32.5. The van der Waals surface area contributed by atoms with Crippen LogP contribution >= 0.6 is 23.2 Å². The number of esters is 1. The van der Waals surface area contributed by atoms with E-state index in [1.165, 1.54) is 17.4 Å². The van der Waals surface area contributed by atoms with Gasteiger partial charge in [-0.25, -0.2) is 10.6 Å². The largest absolute Gasteiger partial charge is 0.464 e. The summed E-state index contributed by atoms with van der Waals surface area (Å²) in [5, 5.41) is 23.4. The van der Waals surface area contributed by atoms with Gasteiger partial charge in [-0.2, -0.15) is 10.2 Å². The summed E-state index contributed by atoms with van der Waals surface area (Å²) in [6.45, 7) is 2.05. The summed E-state index contributed by atoms with van der Waals surface area (Å²) < 4.78 is 5.36. The Balaban J connectivity index is 1.68. The van der Waals surface area contributed by atoms with Crippen molar-refractivity contribution in [3.63, 3.8) is 0 Å². The number of ether oxygens (including phenoxy) is 1. The summed E-state index contributed by atoms with van der Waals surface area (Å²) in [5.74, 6) is 10.5. The van der Waals surface area contributed by atoms with E-state index < -0.39 is 12.1 Å². The molecule has 44 heavy (non-hydrogen) atoms. The summed E-state index contributed by atoms with van der Waals surface area (Å²) in [7, 11) is 1.81. The predicted octanol–water partition coefficient (Wildman–Crippen LogP) is 4.86. The lowest BCUT2D eigenvalue weighted by molar-refractivity contribution is -0.144. The van der Waals surface area contributed by atoms with Crippen LogP contribution in [0.5, 0.6) is 0 Å². The van der Waals surface area contributed by atoms with E-state index in [-0.39, 0.29) is 23.6 Å². The number of hydrogen-bond donors (Lipinski definition) is 5. The number of hydrogen-bond acceptors (Lipinski definition) is 10. The lowest BCUT2D eigenvalue weighted by Gasteiger charge is -2.24. The molecule has 0 spiro atoms. The van der Waals surface area contributed by atoms with Crippen molar-refractivity contribution in [1.82, 2.24) is 15.5 Å². The number of carbonyl (C=O) groups excluding carboxylic acids is 2. The van der Waals surface area contributed by atoms with Crippen molar-refractivity contribution < 1.29 is 14.3 Å². The number of nitrogens with zero attached hydrogens (tertiary/aromatic N) is 4. The molecular weight excluding hydrogens is 605 g/mol. The molecule has 14 heteroatoms. The Morgan fingerprint density at radius 1 is 1.14 bits per heavy atom. The molecule has 0 saturated heterocycles. The third-order valence-corrected chi connectivity index (χ3v) is 7.56. The van der Waals surface area contributed by atoms with Crippen LogP contribution in [0.2, 0.25) is 10.2 Å². The maximum atomic E-state index is 13.2. The van der Waals surface area contributed by atoms with Gasteiger partial charge in [-0.15, -0.1) is 5.10 Å². The van der Waals surface area contributed by atoms with Crippen molar-refractivity contribution in [2.24, 2.45) is 16.8 Å². The van der Waals surface area contributed by atoms with Crippen molar-refractivity contribution in [3.05, 3.63) is 70.0 Å². The van der Waals surface area contributed by atoms with E-state index in [0.29, 0.717) is 58.9 Å². The van der Waals surface area contributed by atoms with Crippen molar-refractivity contribution in [2.75, 3.05) is 29.3 Å². The van der Waals surface area contributed by atoms with Gasteiger partial charge < -0.3 is 26.5 Å². The minimum Gasteiger partial charge on any atom is -0.464 e. The molecule has 4 rings (SSSR count). The van der Waals surface area contributed by atoms with E-state index in [0.717, 1.165) is 11.3 Å². The van der Waals surface area contributed by atoms with Crippen LogP contribution in [0.15, 0.2) is 53.6 Å². The van der Waals surface area contributed by atoms with Gasteiger partial charge in [0.05, 0.1) is 24.0 Å². The summed E-state index contributed by atoms with van der Waals surface area (Å²) in [6.07, 6.45) is 6.67. The van der Waals surface area contributed by atoms with Crippen molar-refractivity contribution in [1.29, 1.82) is 0 Å². The zero-order valence-electron chi connectivity index (χ0n) is 24.4. The average molecular weight is 641 g/mol. The first-order valence-corrected chi connectivity index (χ1v) is 14.8. The molecule has 0 aliphatic carbocycles. The van der Waals surface area contributed by atoms with Crippen LogP contribution in [0, 0.1) is 0 Å². The molecule has 3 aromatic rings. The highest BCUT2D eigenvalue weighted by molar-refractivity contribution is 6.32. The molecule has 1 unspecified atom stereocenters. The van der Waals surface area contributed by atoms with E-state index in [9.17, 15) is 9.59 Å². The van der Waals surface area contributed by atoms with Gasteiger partial charge in [0.15, 0.2) is 5.15 Å². The number of fused-ring (bicyclic) bond motifs is 4. The zero-order chi connectivity index (χ0) is 31.6. The van der Waals surface area contributed by atoms with Crippen LogP contribution in [-0.2, 0) is 14.3 Å². The number of benzene rings is 2. The molecule has 12 nitrogen and oxygen atoms in total. The van der Waals surface area contributed by atoms with Gasteiger partial charge >= 0.3 is 5.97 Å². The molecule has 1 aromatic heterocycles. The average Bonchev–Trinajstić information content (AvgIpc) is 3.01. The van der Waals surface area contributed by atoms with Crippen LogP contribution in [-0.4, -0.2) is 48.1 Å². The van der Waals surface area contributed by atoms with Gasteiger partial charge in [-0.1, -0.05) is 42.1 Å². The highest BCUT2D eigenvalue weighted by atomic mass is 35.5. The fourth-order valence-corrected chi connectivity index (χ4v) is 5.26. The molecule has 2 bridgehead atoms. The highest BCUT2D eigenvalue weighted by Crippen LogP contribution is 2.37. The molecule has 7 N–H and O–H groups in total. The summed E-state index contributed by atoms with van der Waals surface area (Å²) in [6, 6.07) is 11.5. The maximum absolute atomic E-state index is 13.2. The van der Waals surface area contributed by atoms with E-state index in [1.807, 2.05) is 31.3 Å². The topological polar surface area (TPSA) is 173 Å². The van der Waals surface area contributed by atoms with Gasteiger partial charge in [0.25, 0.3) is 0 Å². The van der Waals surface area contributed by atoms with Crippen LogP contribution in [0.1, 0.15) is 49.9 Å². The lowest BCUT2D eigenvalue weighted by Crippen LogP contribution is -2.32. The first-order valence-electron chi connectivity index (χ1n) is 14.1. The molecule has 232 valence electrons. The number of nitrogens with two attached hydrogens (primary N) is 2. The van der Waals surface area contributed by atoms with Crippen LogP contribution in [0.25, 0.3) is 17.2 Å². The molecule has 0 radical (unpaired) electrons. The number of amides is 1. The molecule has 2 atom stereocenters. The molecule has 0 fully saturated rings. The Bertz CT molecular complexity index is 1550. The van der Waals surface area contributed by atoms with Gasteiger partial charge in [0, 0.05) is 46.2 Å². The number of nitrogens with one attached hydrogen (secondary N) is 3. The van der Waals surface area contributed by atoms with Gasteiger partial charge in [-0.3, -0.25) is 9.80 Å². The summed E-state index contributed by atoms with van der Waals surface area (Å²) >= 11 is 12.8. The SMILES string of the molecule is CCOC(=O)[C@@H]1CCCCC(NC(=O)/C=C/c2cc(Cl)ccc2N(N)/C=N\N)c2cc(c(Cl)nn2)-c2ccc(NC)cc2N1. The molecule has 0 saturated carbocycles. The lowest BCUT2D eigenvalue weighted by atomic mass is 9.97. The highest BCUT2D eigenvalue weighted by Gasteiger charge is 2.25. The van der Waals surface area contributed by atoms with E-state index >= 15 is 0 Å². The van der Waals surface area contributed by atoms with E-state index in [2.05, 4.69) is 31.2 Å². The fourth-order valence-electron chi connectivity index (χ4n) is 4.89. The molecular formula is C30H35Cl2N9O3. The van der Waals surface area contributed by atoms with Crippen molar-refractivity contribution in [3.8, 4) is 11.1 Å². The number of hydrazine groups is 1. The standard InChI is InChI=1S/C30H35Cl2N9O3/c1-3-44-30(43)24-7-5-4-6-23(38-28(42)13-8-18-14-19(31)9-12-27(18)41(34)17-36-33)26-16-22(29(32)40-39-26)21-11-10-20(35-2)15-25(21)37-24/h8-17,23-24,35,37H,3-7,33-34H2,1-2H3,(H,38,42)/b13-8+,36-17-/t23?,24-/m0/s1. The van der Waals surface area contributed by atoms with Gasteiger partial charge in [0.2, 0.25) is 5.91 Å². The van der Waals surface area contributed by atoms with Gasteiger partial charge in [-0.05, 0) is 62.2 Å².